The number of carbonyl (C=O) groups excluding carboxylic acids is 1. The molecule has 1 aromatic heterocycles. The van der Waals surface area contributed by atoms with Gasteiger partial charge in [0.1, 0.15) is 0 Å². The van der Waals surface area contributed by atoms with Gasteiger partial charge in [0.2, 0.25) is 5.91 Å². The molecule has 1 saturated heterocycles. The Bertz CT molecular complexity index is 425. The zero-order valence-corrected chi connectivity index (χ0v) is 13.4. The largest absolute Gasteiger partial charge is 0.395 e. The molecule has 0 aromatic carbocycles. The first-order valence-electron chi connectivity index (χ1n) is 7.57. The van der Waals surface area contributed by atoms with Gasteiger partial charge in [-0.05, 0) is 37.9 Å². The Balaban J connectivity index is 1.75. The van der Waals surface area contributed by atoms with Gasteiger partial charge < -0.3 is 10.4 Å². The first-order valence-corrected chi connectivity index (χ1v) is 8.45. The Morgan fingerprint density at radius 3 is 2.86 bits per heavy atom. The van der Waals surface area contributed by atoms with Crippen molar-refractivity contribution in [1.82, 2.24) is 15.1 Å². The van der Waals surface area contributed by atoms with Gasteiger partial charge in [0, 0.05) is 24.5 Å². The van der Waals surface area contributed by atoms with E-state index in [0.717, 1.165) is 39.1 Å². The van der Waals surface area contributed by atoms with Crippen molar-refractivity contribution in [1.29, 1.82) is 0 Å². The van der Waals surface area contributed by atoms with Gasteiger partial charge in [0.05, 0.1) is 19.2 Å². The van der Waals surface area contributed by atoms with E-state index in [1.165, 1.54) is 4.88 Å². The number of carbonyl (C=O) groups is 1. The number of aliphatic hydroxyl groups excluding tert-OH is 1. The first-order chi connectivity index (χ1) is 10.2. The third-order valence-corrected chi connectivity index (χ3v) is 4.87. The van der Waals surface area contributed by atoms with Crippen LogP contribution in [-0.4, -0.2) is 66.7 Å². The Hall–Kier alpha value is -0.950. The average Bonchev–Trinajstić information content (AvgIpc) is 2.90. The van der Waals surface area contributed by atoms with Crippen LogP contribution in [0.1, 0.15) is 24.3 Å². The number of thiophene rings is 1. The minimum absolute atomic E-state index is 0.0790. The molecule has 5 nitrogen and oxygen atoms in total. The molecule has 1 atom stereocenters. The molecule has 1 unspecified atom stereocenters. The van der Waals surface area contributed by atoms with Crippen molar-refractivity contribution in [2.24, 2.45) is 0 Å². The third-order valence-electron chi connectivity index (χ3n) is 3.81. The predicted octanol–water partition coefficient (Wildman–Crippen LogP) is 0.925. The van der Waals surface area contributed by atoms with Crippen LogP contribution in [-0.2, 0) is 4.79 Å². The highest BCUT2D eigenvalue weighted by molar-refractivity contribution is 7.10. The summed E-state index contributed by atoms with van der Waals surface area (Å²) in [7, 11) is 0. The Morgan fingerprint density at radius 1 is 1.38 bits per heavy atom. The first kappa shape index (κ1) is 16.4. The van der Waals surface area contributed by atoms with E-state index in [9.17, 15) is 4.79 Å². The molecule has 0 bridgehead atoms. The van der Waals surface area contributed by atoms with Gasteiger partial charge in [-0.25, -0.2) is 0 Å². The third kappa shape index (κ3) is 5.39. The quantitative estimate of drug-likeness (QED) is 0.820. The fourth-order valence-corrected chi connectivity index (χ4v) is 3.38. The number of hydrogen-bond donors (Lipinski definition) is 2. The van der Waals surface area contributed by atoms with Crippen molar-refractivity contribution in [2.75, 3.05) is 45.9 Å². The molecule has 0 radical (unpaired) electrons. The summed E-state index contributed by atoms with van der Waals surface area (Å²) in [6.07, 6.45) is 1.05. The smallest absolute Gasteiger partial charge is 0.234 e. The molecule has 0 spiro atoms. The second-order valence-corrected chi connectivity index (χ2v) is 6.48. The van der Waals surface area contributed by atoms with Crippen molar-refractivity contribution < 1.29 is 9.90 Å². The van der Waals surface area contributed by atoms with Gasteiger partial charge in [0.25, 0.3) is 0 Å². The zero-order valence-electron chi connectivity index (χ0n) is 12.6. The number of amides is 1. The molecular weight excluding hydrogens is 286 g/mol. The van der Waals surface area contributed by atoms with Gasteiger partial charge in [-0.3, -0.25) is 14.6 Å². The minimum Gasteiger partial charge on any atom is -0.395 e. The lowest BCUT2D eigenvalue weighted by Crippen LogP contribution is -2.40. The lowest BCUT2D eigenvalue weighted by atomic mass is 10.2. The van der Waals surface area contributed by atoms with E-state index in [1.54, 1.807) is 11.3 Å². The Kier molecular flexibility index (Phi) is 6.63. The monoisotopic (exact) mass is 311 g/mol. The molecule has 1 aliphatic rings. The van der Waals surface area contributed by atoms with Crippen LogP contribution in [0.4, 0.5) is 0 Å². The van der Waals surface area contributed by atoms with Crippen molar-refractivity contribution in [3.63, 3.8) is 0 Å². The summed E-state index contributed by atoms with van der Waals surface area (Å²) < 4.78 is 0. The van der Waals surface area contributed by atoms with Crippen LogP contribution in [0, 0.1) is 0 Å². The van der Waals surface area contributed by atoms with Crippen LogP contribution in [0.5, 0.6) is 0 Å². The number of nitrogens with zero attached hydrogens (tertiary/aromatic N) is 2. The Labute approximate surface area is 130 Å². The predicted molar refractivity (Wildman–Crippen MR) is 85.5 cm³/mol. The molecule has 0 aliphatic carbocycles. The van der Waals surface area contributed by atoms with Gasteiger partial charge in [-0.1, -0.05) is 6.07 Å². The average molecular weight is 311 g/mol. The van der Waals surface area contributed by atoms with Crippen LogP contribution in [0.2, 0.25) is 0 Å². The molecule has 1 amide bonds. The van der Waals surface area contributed by atoms with Crippen LogP contribution in [0.25, 0.3) is 0 Å². The number of aliphatic hydroxyl groups is 1. The lowest BCUT2D eigenvalue weighted by molar-refractivity contribution is -0.122. The van der Waals surface area contributed by atoms with Crippen LogP contribution in [0.15, 0.2) is 17.5 Å². The molecule has 1 aliphatic heterocycles. The fraction of sp³-hybridized carbons (Fsp3) is 0.667. The second-order valence-electron chi connectivity index (χ2n) is 5.50. The zero-order chi connectivity index (χ0) is 15.1. The highest BCUT2D eigenvalue weighted by Crippen LogP contribution is 2.17. The van der Waals surface area contributed by atoms with Crippen molar-refractivity contribution >= 4 is 17.2 Å². The summed E-state index contributed by atoms with van der Waals surface area (Å²) in [6, 6.07) is 4.14. The molecule has 118 valence electrons. The van der Waals surface area contributed by atoms with Crippen molar-refractivity contribution in [2.45, 2.75) is 19.4 Å². The van der Waals surface area contributed by atoms with E-state index in [2.05, 4.69) is 15.1 Å². The molecule has 1 aromatic rings. The molecule has 2 N–H and O–H groups in total. The highest BCUT2D eigenvalue weighted by atomic mass is 32.1. The Morgan fingerprint density at radius 2 is 2.14 bits per heavy atom. The number of rotatable bonds is 6. The lowest BCUT2D eigenvalue weighted by Gasteiger charge is -2.21. The summed E-state index contributed by atoms with van der Waals surface area (Å²) >= 11 is 1.67. The van der Waals surface area contributed by atoms with E-state index in [1.807, 2.05) is 24.4 Å². The molecule has 2 heterocycles. The second kappa shape index (κ2) is 8.48. The van der Waals surface area contributed by atoms with E-state index in [0.29, 0.717) is 6.54 Å². The molecule has 2 rings (SSSR count). The van der Waals surface area contributed by atoms with E-state index in [-0.39, 0.29) is 18.6 Å². The topological polar surface area (TPSA) is 55.8 Å². The van der Waals surface area contributed by atoms with Gasteiger partial charge in [-0.2, -0.15) is 0 Å². The minimum atomic E-state index is 0.0790. The maximum Gasteiger partial charge on any atom is 0.234 e. The fourth-order valence-electron chi connectivity index (χ4n) is 2.65. The van der Waals surface area contributed by atoms with Crippen LogP contribution < -0.4 is 5.32 Å². The van der Waals surface area contributed by atoms with Crippen LogP contribution >= 0.6 is 11.3 Å². The summed E-state index contributed by atoms with van der Waals surface area (Å²) in [6.45, 7) is 7.19. The maximum absolute atomic E-state index is 12.1. The summed E-state index contributed by atoms with van der Waals surface area (Å²) in [5.41, 5.74) is 0. The van der Waals surface area contributed by atoms with Gasteiger partial charge >= 0.3 is 0 Å². The summed E-state index contributed by atoms with van der Waals surface area (Å²) in [4.78, 5) is 17.8. The summed E-state index contributed by atoms with van der Waals surface area (Å²) in [5.74, 6) is 0.0894. The number of hydrogen-bond acceptors (Lipinski definition) is 5. The standard InChI is InChI=1S/C15H25N3O2S/c1-13(14-4-2-11-21-14)16-15(20)12-18-6-3-5-17(7-8-18)9-10-19/h2,4,11,13,19H,3,5-10,12H2,1H3,(H,16,20). The van der Waals surface area contributed by atoms with E-state index >= 15 is 0 Å². The normalized spacial score (nSPS) is 19.1. The van der Waals surface area contributed by atoms with Crippen molar-refractivity contribution in [3.05, 3.63) is 22.4 Å². The van der Waals surface area contributed by atoms with E-state index in [4.69, 9.17) is 5.11 Å². The number of nitrogens with one attached hydrogen (secondary N) is 1. The summed E-state index contributed by atoms with van der Waals surface area (Å²) in [5, 5.41) is 14.1. The molecule has 0 saturated carbocycles. The molecule has 21 heavy (non-hydrogen) atoms. The van der Waals surface area contributed by atoms with Gasteiger partial charge in [0.15, 0.2) is 0 Å². The maximum atomic E-state index is 12.1. The van der Waals surface area contributed by atoms with Crippen LogP contribution in [0.3, 0.4) is 0 Å². The molecule has 1 fully saturated rings. The van der Waals surface area contributed by atoms with E-state index < -0.39 is 0 Å². The number of β-amino-alcohol motifs (C(OH)–C–C–N with tert-alkyl or cyclic N) is 1. The highest BCUT2D eigenvalue weighted by Gasteiger charge is 2.18. The van der Waals surface area contributed by atoms with Gasteiger partial charge in [-0.15, -0.1) is 11.3 Å². The molecule has 6 heteroatoms. The SMILES string of the molecule is CC(NC(=O)CN1CCCN(CCO)CC1)c1cccs1. The molecular formula is C15H25N3O2S. The van der Waals surface area contributed by atoms with Crippen molar-refractivity contribution in [3.8, 4) is 0 Å².